The van der Waals surface area contributed by atoms with Gasteiger partial charge in [0.05, 0.1) is 0 Å². The summed E-state index contributed by atoms with van der Waals surface area (Å²) in [5.74, 6) is 0.983. The van der Waals surface area contributed by atoms with Crippen molar-refractivity contribution in [3.63, 3.8) is 0 Å². The molecular weight excluding hydrogens is 351 g/mol. The number of thioether (sulfide) groups is 1. The van der Waals surface area contributed by atoms with E-state index in [1.54, 1.807) is 11.8 Å². The number of halogens is 2. The Morgan fingerprint density at radius 3 is 2.50 bits per heavy atom. The van der Waals surface area contributed by atoms with Gasteiger partial charge in [0, 0.05) is 19.2 Å². The van der Waals surface area contributed by atoms with Crippen LogP contribution in [0.4, 0.5) is 0 Å². The molecule has 0 heterocycles. The lowest BCUT2D eigenvalue weighted by Gasteiger charge is -2.02. The molecule has 0 unspecified atom stereocenters. The highest BCUT2D eigenvalue weighted by molar-refractivity contribution is 14.1. The molecule has 0 aliphatic carbocycles. The predicted molar refractivity (Wildman–Crippen MR) is 80.2 cm³/mol. The maximum absolute atomic E-state index is 5.93. The Kier molecular flexibility index (Phi) is 4.55. The molecule has 0 amide bonds. The van der Waals surface area contributed by atoms with E-state index in [4.69, 9.17) is 11.6 Å². The van der Waals surface area contributed by atoms with Crippen molar-refractivity contribution in [3.8, 4) is 0 Å². The van der Waals surface area contributed by atoms with Crippen LogP contribution in [0.15, 0.2) is 53.4 Å². The number of benzene rings is 2. The van der Waals surface area contributed by atoms with Crippen LogP contribution in [0.2, 0.25) is 5.02 Å². The molecule has 3 heteroatoms. The molecule has 0 saturated carbocycles. The molecule has 16 heavy (non-hydrogen) atoms. The fourth-order valence-corrected chi connectivity index (χ4v) is 2.83. The molecule has 82 valence electrons. The Balaban J connectivity index is 1.99. The summed E-state index contributed by atoms with van der Waals surface area (Å²) in [5.41, 5.74) is 1.34. The number of hydrogen-bond acceptors (Lipinski definition) is 1. The van der Waals surface area contributed by atoms with Gasteiger partial charge in [0.15, 0.2) is 0 Å². The van der Waals surface area contributed by atoms with Crippen LogP contribution in [0.25, 0.3) is 0 Å². The van der Waals surface area contributed by atoms with Crippen LogP contribution < -0.4 is 0 Å². The van der Waals surface area contributed by atoms with Gasteiger partial charge in [-0.3, -0.25) is 0 Å². The molecular formula is C13H10ClIS. The molecule has 0 radical (unpaired) electrons. The van der Waals surface area contributed by atoms with Crippen molar-refractivity contribution < 1.29 is 0 Å². The van der Waals surface area contributed by atoms with Crippen molar-refractivity contribution in [2.75, 3.05) is 0 Å². The molecule has 2 rings (SSSR count). The second-order valence-electron chi connectivity index (χ2n) is 3.37. The molecule has 2 aromatic rings. The average molecular weight is 361 g/mol. The SMILES string of the molecule is Clc1cccc(SCc2ccc(I)cc2)c1. The van der Waals surface area contributed by atoms with E-state index in [0.29, 0.717) is 0 Å². The summed E-state index contributed by atoms with van der Waals surface area (Å²) in [5, 5.41) is 0.799. The van der Waals surface area contributed by atoms with Crippen LogP contribution in [0.5, 0.6) is 0 Å². The van der Waals surface area contributed by atoms with Crippen molar-refractivity contribution in [2.24, 2.45) is 0 Å². The van der Waals surface area contributed by atoms with Gasteiger partial charge in [-0.1, -0.05) is 29.8 Å². The highest BCUT2D eigenvalue weighted by atomic mass is 127. The molecule has 0 nitrogen and oxygen atoms in total. The molecule has 0 saturated heterocycles. The summed E-state index contributed by atoms with van der Waals surface area (Å²) in [7, 11) is 0. The molecule has 0 atom stereocenters. The third kappa shape index (κ3) is 3.68. The molecule has 0 bridgehead atoms. The van der Waals surface area contributed by atoms with Crippen LogP contribution in [0, 0.1) is 3.57 Å². The third-order valence-electron chi connectivity index (χ3n) is 2.11. The summed E-state index contributed by atoms with van der Waals surface area (Å²) in [4.78, 5) is 1.21. The summed E-state index contributed by atoms with van der Waals surface area (Å²) in [6.07, 6.45) is 0. The van der Waals surface area contributed by atoms with E-state index < -0.39 is 0 Å². The van der Waals surface area contributed by atoms with Gasteiger partial charge in [0.1, 0.15) is 0 Å². The van der Waals surface area contributed by atoms with E-state index in [9.17, 15) is 0 Å². The minimum atomic E-state index is 0.799. The Morgan fingerprint density at radius 2 is 1.81 bits per heavy atom. The highest BCUT2D eigenvalue weighted by Crippen LogP contribution is 2.25. The van der Waals surface area contributed by atoms with Gasteiger partial charge in [-0.15, -0.1) is 11.8 Å². The smallest absolute Gasteiger partial charge is 0.0417 e. The summed E-state index contributed by atoms with van der Waals surface area (Å²) in [6.45, 7) is 0. The normalized spacial score (nSPS) is 10.4. The zero-order chi connectivity index (χ0) is 11.4. The molecule has 0 aromatic heterocycles. The van der Waals surface area contributed by atoms with Crippen molar-refractivity contribution in [2.45, 2.75) is 10.6 Å². The lowest BCUT2D eigenvalue weighted by molar-refractivity contribution is 1.37. The summed E-state index contributed by atoms with van der Waals surface area (Å²) < 4.78 is 1.27. The Hall–Kier alpha value is -0.190. The molecule has 0 spiro atoms. The van der Waals surface area contributed by atoms with Crippen molar-refractivity contribution >= 4 is 46.0 Å². The van der Waals surface area contributed by atoms with E-state index >= 15 is 0 Å². The second kappa shape index (κ2) is 5.94. The maximum atomic E-state index is 5.93. The zero-order valence-electron chi connectivity index (χ0n) is 8.49. The Bertz CT molecular complexity index is 468. The summed E-state index contributed by atoms with van der Waals surface area (Å²) >= 11 is 10.1. The largest absolute Gasteiger partial charge is 0.121 e. The van der Waals surface area contributed by atoms with Crippen molar-refractivity contribution in [3.05, 3.63) is 62.7 Å². The average Bonchev–Trinajstić information content (AvgIpc) is 2.28. The van der Waals surface area contributed by atoms with Gasteiger partial charge in [-0.2, -0.15) is 0 Å². The van der Waals surface area contributed by atoms with E-state index in [1.807, 2.05) is 18.2 Å². The Labute approximate surface area is 119 Å². The van der Waals surface area contributed by atoms with Gasteiger partial charge >= 0.3 is 0 Å². The van der Waals surface area contributed by atoms with Gasteiger partial charge in [0.2, 0.25) is 0 Å². The first kappa shape index (κ1) is 12.3. The zero-order valence-corrected chi connectivity index (χ0v) is 12.2. The van der Waals surface area contributed by atoms with Gasteiger partial charge in [-0.05, 0) is 58.5 Å². The van der Waals surface area contributed by atoms with Gasteiger partial charge in [-0.25, -0.2) is 0 Å². The fraction of sp³-hybridized carbons (Fsp3) is 0.0769. The topological polar surface area (TPSA) is 0 Å². The minimum Gasteiger partial charge on any atom is -0.121 e. The first-order valence-electron chi connectivity index (χ1n) is 4.87. The van der Waals surface area contributed by atoms with Crippen LogP contribution in [-0.2, 0) is 5.75 Å². The highest BCUT2D eigenvalue weighted by Gasteiger charge is 1.97. The molecule has 0 aliphatic heterocycles. The lowest BCUT2D eigenvalue weighted by atomic mass is 10.2. The first-order valence-corrected chi connectivity index (χ1v) is 7.31. The molecule has 0 N–H and O–H groups in total. The van der Waals surface area contributed by atoms with Crippen molar-refractivity contribution in [1.82, 2.24) is 0 Å². The van der Waals surface area contributed by atoms with E-state index in [1.165, 1.54) is 14.0 Å². The van der Waals surface area contributed by atoms with Gasteiger partial charge < -0.3 is 0 Å². The molecule has 0 fully saturated rings. The fourth-order valence-electron chi connectivity index (χ4n) is 1.30. The summed E-state index contributed by atoms with van der Waals surface area (Å²) in [6, 6.07) is 16.6. The lowest BCUT2D eigenvalue weighted by Crippen LogP contribution is -1.80. The Morgan fingerprint density at radius 1 is 1.06 bits per heavy atom. The molecule has 2 aromatic carbocycles. The minimum absolute atomic E-state index is 0.799. The quantitative estimate of drug-likeness (QED) is 0.533. The van der Waals surface area contributed by atoms with Crippen LogP contribution in [0.1, 0.15) is 5.56 Å². The van der Waals surface area contributed by atoms with Crippen LogP contribution in [-0.4, -0.2) is 0 Å². The van der Waals surface area contributed by atoms with E-state index in [2.05, 4.69) is 52.9 Å². The monoisotopic (exact) mass is 360 g/mol. The molecule has 0 aliphatic rings. The second-order valence-corrected chi connectivity index (χ2v) is 6.10. The van der Waals surface area contributed by atoms with Crippen LogP contribution >= 0.6 is 46.0 Å². The number of rotatable bonds is 3. The van der Waals surface area contributed by atoms with Crippen LogP contribution in [0.3, 0.4) is 0 Å². The maximum Gasteiger partial charge on any atom is 0.0417 e. The third-order valence-corrected chi connectivity index (χ3v) is 4.13. The van der Waals surface area contributed by atoms with E-state index in [-0.39, 0.29) is 0 Å². The van der Waals surface area contributed by atoms with E-state index in [0.717, 1.165) is 10.8 Å². The first-order chi connectivity index (χ1) is 7.74. The number of hydrogen-bond donors (Lipinski definition) is 0. The predicted octanol–water partition coefficient (Wildman–Crippen LogP) is 5.24. The standard InChI is InChI=1S/C13H10ClIS/c14-11-2-1-3-13(8-11)16-9-10-4-6-12(15)7-5-10/h1-8H,9H2. The van der Waals surface area contributed by atoms with Crippen molar-refractivity contribution in [1.29, 1.82) is 0 Å². The van der Waals surface area contributed by atoms with Gasteiger partial charge in [0.25, 0.3) is 0 Å².